The van der Waals surface area contributed by atoms with Crippen molar-refractivity contribution in [1.29, 1.82) is 0 Å². The number of nitrogens with zero attached hydrogens (tertiary/aromatic N) is 2. The van der Waals surface area contributed by atoms with E-state index >= 15 is 0 Å². The number of halogens is 1. The number of aromatic nitrogens is 2. The van der Waals surface area contributed by atoms with E-state index in [9.17, 15) is 0 Å². The molecule has 0 radical (unpaired) electrons. The molecule has 0 spiro atoms. The molecule has 2 aromatic rings. The van der Waals surface area contributed by atoms with Gasteiger partial charge in [0, 0.05) is 5.69 Å². The van der Waals surface area contributed by atoms with Gasteiger partial charge in [-0.15, -0.1) is 0 Å². The van der Waals surface area contributed by atoms with Crippen molar-refractivity contribution in [3.63, 3.8) is 0 Å². The van der Waals surface area contributed by atoms with E-state index in [0.29, 0.717) is 22.4 Å². The summed E-state index contributed by atoms with van der Waals surface area (Å²) < 4.78 is 5.06. The highest BCUT2D eigenvalue weighted by atomic mass is 35.5. The van der Waals surface area contributed by atoms with E-state index in [-0.39, 0.29) is 0 Å². The zero-order valence-corrected chi connectivity index (χ0v) is 9.90. The molecule has 0 amide bonds. The maximum Gasteiger partial charge on any atom is 0.227 e. The Morgan fingerprint density at radius 2 is 2.00 bits per heavy atom. The van der Waals surface area contributed by atoms with Gasteiger partial charge in [0.2, 0.25) is 5.95 Å². The number of benzene rings is 1. The van der Waals surface area contributed by atoms with Gasteiger partial charge in [0.25, 0.3) is 0 Å². The second-order valence-electron chi connectivity index (χ2n) is 3.31. The van der Waals surface area contributed by atoms with Gasteiger partial charge < -0.3 is 15.8 Å². The zero-order valence-electron chi connectivity index (χ0n) is 9.14. The van der Waals surface area contributed by atoms with Gasteiger partial charge in [-0.25, -0.2) is 9.97 Å². The molecule has 88 valence electrons. The van der Waals surface area contributed by atoms with Crippen molar-refractivity contribution < 1.29 is 4.74 Å². The Morgan fingerprint density at radius 1 is 1.29 bits per heavy atom. The second-order valence-corrected chi connectivity index (χ2v) is 3.72. The minimum atomic E-state index is 0.459. The quantitative estimate of drug-likeness (QED) is 0.875. The van der Waals surface area contributed by atoms with Gasteiger partial charge in [-0.1, -0.05) is 11.6 Å². The predicted octanol–water partition coefficient (Wildman–Crippen LogP) is 2.46. The van der Waals surface area contributed by atoms with Gasteiger partial charge >= 0.3 is 0 Å². The van der Waals surface area contributed by atoms with Crippen LogP contribution in [0.1, 0.15) is 0 Å². The molecular weight excluding hydrogens is 240 g/mol. The Balaban J connectivity index is 2.19. The molecule has 2 rings (SSSR count). The van der Waals surface area contributed by atoms with Crippen LogP contribution in [0.3, 0.4) is 0 Å². The van der Waals surface area contributed by atoms with Crippen molar-refractivity contribution in [2.75, 3.05) is 18.2 Å². The van der Waals surface area contributed by atoms with Crippen LogP contribution in [0.15, 0.2) is 30.6 Å². The van der Waals surface area contributed by atoms with Crippen LogP contribution in [-0.4, -0.2) is 17.1 Å². The average Bonchev–Trinajstić information content (AvgIpc) is 2.32. The molecule has 0 fully saturated rings. The molecule has 0 unspecified atom stereocenters. The number of nitrogens with two attached hydrogens (primary N) is 1. The molecule has 0 aliphatic heterocycles. The summed E-state index contributed by atoms with van der Waals surface area (Å²) >= 11 is 6.00. The van der Waals surface area contributed by atoms with Crippen molar-refractivity contribution in [1.82, 2.24) is 9.97 Å². The lowest BCUT2D eigenvalue weighted by Gasteiger charge is -2.07. The van der Waals surface area contributed by atoms with Gasteiger partial charge in [0.15, 0.2) is 0 Å². The van der Waals surface area contributed by atoms with Gasteiger partial charge in [0.1, 0.15) is 5.75 Å². The van der Waals surface area contributed by atoms with Crippen molar-refractivity contribution in [2.24, 2.45) is 0 Å². The highest BCUT2D eigenvalue weighted by Gasteiger charge is 2.03. The van der Waals surface area contributed by atoms with Gasteiger partial charge in [-0.2, -0.15) is 0 Å². The Hall–Kier alpha value is -2.01. The molecule has 6 heteroatoms. The summed E-state index contributed by atoms with van der Waals surface area (Å²) in [5.74, 6) is 1.08. The molecule has 17 heavy (non-hydrogen) atoms. The highest BCUT2D eigenvalue weighted by molar-refractivity contribution is 6.32. The molecule has 0 bridgehead atoms. The highest BCUT2D eigenvalue weighted by Crippen LogP contribution is 2.28. The summed E-state index contributed by atoms with van der Waals surface area (Å²) in [6, 6.07) is 5.33. The van der Waals surface area contributed by atoms with Crippen molar-refractivity contribution in [3.8, 4) is 5.75 Å². The molecular formula is C11H11ClN4O. The lowest BCUT2D eigenvalue weighted by molar-refractivity contribution is 0.415. The lowest BCUT2D eigenvalue weighted by atomic mass is 10.3. The Morgan fingerprint density at radius 3 is 2.59 bits per heavy atom. The Bertz CT molecular complexity index is 515. The van der Waals surface area contributed by atoms with Crippen LogP contribution in [0.4, 0.5) is 17.3 Å². The molecule has 1 aromatic heterocycles. The van der Waals surface area contributed by atoms with Crippen molar-refractivity contribution in [3.05, 3.63) is 35.6 Å². The minimum absolute atomic E-state index is 0.459. The van der Waals surface area contributed by atoms with Gasteiger partial charge in [0.05, 0.1) is 30.2 Å². The van der Waals surface area contributed by atoms with E-state index < -0.39 is 0 Å². The van der Waals surface area contributed by atoms with E-state index in [1.54, 1.807) is 19.2 Å². The summed E-state index contributed by atoms with van der Waals surface area (Å²) in [7, 11) is 1.57. The van der Waals surface area contributed by atoms with Crippen LogP contribution < -0.4 is 15.8 Å². The molecule has 0 saturated carbocycles. The van der Waals surface area contributed by atoms with Crippen LogP contribution in [0.25, 0.3) is 0 Å². The van der Waals surface area contributed by atoms with Gasteiger partial charge in [-0.05, 0) is 18.2 Å². The zero-order chi connectivity index (χ0) is 12.3. The number of hydrogen-bond donors (Lipinski definition) is 2. The first-order valence-corrected chi connectivity index (χ1v) is 5.25. The van der Waals surface area contributed by atoms with Crippen molar-refractivity contribution in [2.45, 2.75) is 0 Å². The smallest absolute Gasteiger partial charge is 0.227 e. The largest absolute Gasteiger partial charge is 0.495 e. The van der Waals surface area contributed by atoms with E-state index in [1.807, 2.05) is 6.07 Å². The first-order valence-electron chi connectivity index (χ1n) is 4.87. The van der Waals surface area contributed by atoms with Crippen LogP contribution in [-0.2, 0) is 0 Å². The van der Waals surface area contributed by atoms with E-state index in [0.717, 1.165) is 5.69 Å². The Labute approximate surface area is 104 Å². The van der Waals surface area contributed by atoms with Crippen LogP contribution >= 0.6 is 11.6 Å². The normalized spacial score (nSPS) is 10.0. The molecule has 0 saturated heterocycles. The first-order chi connectivity index (χ1) is 8.19. The van der Waals surface area contributed by atoms with Gasteiger partial charge in [-0.3, -0.25) is 0 Å². The number of hydrogen-bond acceptors (Lipinski definition) is 5. The van der Waals surface area contributed by atoms with Crippen LogP contribution in [0.5, 0.6) is 5.75 Å². The standard InChI is InChI=1S/C11H11ClN4O/c1-17-10-3-2-8(4-9(10)12)16-11-14-5-7(13)6-15-11/h2-6H,13H2,1H3,(H,14,15,16). The number of ether oxygens (including phenoxy) is 1. The number of nitrogen functional groups attached to an aromatic ring is 1. The van der Waals surface area contributed by atoms with Crippen molar-refractivity contribution >= 4 is 28.9 Å². The number of anilines is 3. The summed E-state index contributed by atoms with van der Waals surface area (Å²) in [5, 5.41) is 3.53. The maximum absolute atomic E-state index is 6.00. The molecule has 1 heterocycles. The third kappa shape index (κ3) is 2.76. The van der Waals surface area contributed by atoms with Crippen LogP contribution in [0.2, 0.25) is 5.02 Å². The monoisotopic (exact) mass is 250 g/mol. The van der Waals surface area contributed by atoms with E-state index in [2.05, 4.69) is 15.3 Å². The minimum Gasteiger partial charge on any atom is -0.495 e. The predicted molar refractivity (Wildman–Crippen MR) is 67.7 cm³/mol. The topological polar surface area (TPSA) is 73.1 Å². The summed E-state index contributed by atoms with van der Waals surface area (Å²) in [4.78, 5) is 8.05. The summed E-state index contributed by atoms with van der Waals surface area (Å²) in [6.07, 6.45) is 3.06. The molecule has 0 atom stereocenters. The van der Waals surface area contributed by atoms with E-state index in [4.69, 9.17) is 22.1 Å². The summed E-state index contributed by atoms with van der Waals surface area (Å²) in [6.45, 7) is 0. The fourth-order valence-electron chi connectivity index (χ4n) is 1.28. The Kier molecular flexibility index (Phi) is 3.30. The number of nitrogens with one attached hydrogen (secondary N) is 1. The summed E-state index contributed by atoms with van der Waals surface area (Å²) in [5.41, 5.74) is 6.79. The number of rotatable bonds is 3. The third-order valence-electron chi connectivity index (χ3n) is 2.08. The van der Waals surface area contributed by atoms with Crippen LogP contribution in [0, 0.1) is 0 Å². The number of methoxy groups -OCH3 is 1. The molecule has 1 aromatic carbocycles. The average molecular weight is 251 g/mol. The fraction of sp³-hybridized carbons (Fsp3) is 0.0909. The lowest BCUT2D eigenvalue weighted by Crippen LogP contribution is -1.98. The first kappa shape index (κ1) is 11.5. The molecule has 0 aliphatic carbocycles. The van der Waals surface area contributed by atoms with E-state index in [1.165, 1.54) is 12.4 Å². The SMILES string of the molecule is COc1ccc(Nc2ncc(N)cn2)cc1Cl. The molecule has 3 N–H and O–H groups in total. The second kappa shape index (κ2) is 4.88. The molecule has 0 aliphatic rings. The molecule has 5 nitrogen and oxygen atoms in total. The fourth-order valence-corrected chi connectivity index (χ4v) is 1.53. The maximum atomic E-state index is 6.00. The third-order valence-corrected chi connectivity index (χ3v) is 2.38.